The van der Waals surface area contributed by atoms with Crippen LogP contribution in [0.15, 0.2) is 18.2 Å². The van der Waals surface area contributed by atoms with Crippen LogP contribution < -0.4 is 0 Å². The maximum atomic E-state index is 11.9. The summed E-state index contributed by atoms with van der Waals surface area (Å²) in [5.74, 6) is 0.904. The molecule has 0 aliphatic heterocycles. The van der Waals surface area contributed by atoms with Crippen molar-refractivity contribution >= 4 is 5.78 Å². The number of phenols is 1. The van der Waals surface area contributed by atoms with Gasteiger partial charge in [-0.25, -0.2) is 0 Å². The summed E-state index contributed by atoms with van der Waals surface area (Å²) in [6, 6.07) is 5.23. The van der Waals surface area contributed by atoms with E-state index >= 15 is 0 Å². The molecule has 2 heteroatoms. The van der Waals surface area contributed by atoms with Gasteiger partial charge in [0.05, 0.1) is 5.56 Å². The molecule has 0 radical (unpaired) electrons. The van der Waals surface area contributed by atoms with Crippen LogP contribution in [0.25, 0.3) is 0 Å². The largest absolute Gasteiger partial charge is 0.507 e. The van der Waals surface area contributed by atoms with Gasteiger partial charge in [0.2, 0.25) is 0 Å². The highest BCUT2D eigenvalue weighted by molar-refractivity contribution is 5.98. The molecule has 0 unspecified atom stereocenters. The van der Waals surface area contributed by atoms with Gasteiger partial charge >= 0.3 is 0 Å². The van der Waals surface area contributed by atoms with Crippen molar-refractivity contribution in [2.75, 3.05) is 0 Å². The van der Waals surface area contributed by atoms with Crippen LogP contribution in [-0.4, -0.2) is 10.9 Å². The number of ketones is 1. The molecule has 0 spiro atoms. The number of carbonyl (C=O) groups is 1. The fraction of sp³-hybridized carbons (Fsp3) is 0.562. The van der Waals surface area contributed by atoms with Gasteiger partial charge in [0.25, 0.3) is 0 Å². The van der Waals surface area contributed by atoms with Crippen molar-refractivity contribution < 1.29 is 9.90 Å². The Labute approximate surface area is 110 Å². The Balaban J connectivity index is 2.36. The summed E-state index contributed by atoms with van der Waals surface area (Å²) in [4.78, 5) is 11.9. The van der Waals surface area contributed by atoms with Crippen molar-refractivity contribution in [3.05, 3.63) is 29.3 Å². The fourth-order valence-corrected chi connectivity index (χ4v) is 2.03. The van der Waals surface area contributed by atoms with E-state index in [1.165, 1.54) is 12.8 Å². The van der Waals surface area contributed by atoms with Gasteiger partial charge in [0.1, 0.15) is 5.75 Å². The van der Waals surface area contributed by atoms with Gasteiger partial charge in [-0.1, -0.05) is 39.2 Å². The molecule has 1 aromatic rings. The first-order chi connectivity index (χ1) is 8.50. The van der Waals surface area contributed by atoms with E-state index in [2.05, 4.69) is 13.8 Å². The molecule has 0 bridgehead atoms. The second-order valence-electron chi connectivity index (χ2n) is 5.44. The highest BCUT2D eigenvalue weighted by Gasteiger charge is 2.10. The minimum absolute atomic E-state index is 0.0528. The summed E-state index contributed by atoms with van der Waals surface area (Å²) in [5.41, 5.74) is 1.44. The molecule has 0 saturated heterocycles. The molecule has 0 atom stereocenters. The van der Waals surface area contributed by atoms with Crippen molar-refractivity contribution in [3.63, 3.8) is 0 Å². The summed E-state index contributed by atoms with van der Waals surface area (Å²) in [6.45, 7) is 6.34. The molecule has 0 aliphatic carbocycles. The molecule has 0 amide bonds. The lowest BCUT2D eigenvalue weighted by atomic mass is 10.0. The van der Waals surface area contributed by atoms with Gasteiger partial charge in [0.15, 0.2) is 5.78 Å². The SMILES string of the molecule is Cc1ccc(C(=O)CCCCCC(C)C)c(O)c1. The van der Waals surface area contributed by atoms with Crippen LogP contribution in [0, 0.1) is 12.8 Å². The van der Waals surface area contributed by atoms with Crippen LogP contribution in [0.5, 0.6) is 5.75 Å². The topological polar surface area (TPSA) is 37.3 Å². The molecule has 1 N–H and O–H groups in total. The number of unbranched alkanes of at least 4 members (excludes halogenated alkanes) is 2. The summed E-state index contributed by atoms with van der Waals surface area (Å²) >= 11 is 0. The molecule has 2 nitrogen and oxygen atoms in total. The number of hydrogen-bond donors (Lipinski definition) is 1. The fourth-order valence-electron chi connectivity index (χ4n) is 2.03. The number of hydrogen-bond acceptors (Lipinski definition) is 2. The summed E-state index contributed by atoms with van der Waals surface area (Å²) < 4.78 is 0. The van der Waals surface area contributed by atoms with Crippen molar-refractivity contribution in [1.82, 2.24) is 0 Å². The van der Waals surface area contributed by atoms with E-state index < -0.39 is 0 Å². The van der Waals surface area contributed by atoms with Crippen LogP contribution in [0.3, 0.4) is 0 Å². The highest BCUT2D eigenvalue weighted by atomic mass is 16.3. The lowest BCUT2D eigenvalue weighted by Gasteiger charge is -2.06. The molecule has 18 heavy (non-hydrogen) atoms. The van der Waals surface area contributed by atoms with Crippen LogP contribution in [0.4, 0.5) is 0 Å². The van der Waals surface area contributed by atoms with Gasteiger partial charge < -0.3 is 5.11 Å². The third kappa shape index (κ3) is 4.91. The van der Waals surface area contributed by atoms with E-state index in [0.29, 0.717) is 12.0 Å². The molecule has 1 aromatic carbocycles. The van der Waals surface area contributed by atoms with E-state index in [1.54, 1.807) is 12.1 Å². The smallest absolute Gasteiger partial charge is 0.166 e. The predicted octanol–water partition coefficient (Wildman–Crippen LogP) is 4.49. The zero-order valence-electron chi connectivity index (χ0n) is 11.7. The van der Waals surface area contributed by atoms with Crippen LogP contribution in [0.2, 0.25) is 0 Å². The Morgan fingerprint density at radius 3 is 2.56 bits per heavy atom. The number of aromatic hydroxyl groups is 1. The lowest BCUT2D eigenvalue weighted by molar-refractivity contribution is 0.0976. The monoisotopic (exact) mass is 248 g/mol. The third-order valence-electron chi connectivity index (χ3n) is 3.14. The van der Waals surface area contributed by atoms with E-state index in [1.807, 2.05) is 13.0 Å². The quantitative estimate of drug-likeness (QED) is 0.570. The average molecular weight is 248 g/mol. The second-order valence-corrected chi connectivity index (χ2v) is 5.44. The Bertz CT molecular complexity index is 394. The number of benzene rings is 1. The van der Waals surface area contributed by atoms with Crippen molar-refractivity contribution in [1.29, 1.82) is 0 Å². The standard InChI is InChI=1S/C16H24O2/c1-12(2)7-5-4-6-8-15(17)14-10-9-13(3)11-16(14)18/h9-12,18H,4-8H2,1-3H3. The minimum atomic E-state index is 0.0528. The molecule has 0 aromatic heterocycles. The number of rotatable bonds is 7. The zero-order valence-corrected chi connectivity index (χ0v) is 11.7. The second kappa shape index (κ2) is 7.20. The van der Waals surface area contributed by atoms with Gasteiger partial charge in [-0.2, -0.15) is 0 Å². The zero-order chi connectivity index (χ0) is 13.5. The van der Waals surface area contributed by atoms with Gasteiger partial charge in [-0.3, -0.25) is 4.79 Å². The maximum Gasteiger partial charge on any atom is 0.166 e. The molecule has 1 rings (SSSR count). The summed E-state index contributed by atoms with van der Waals surface area (Å²) in [7, 11) is 0. The van der Waals surface area contributed by atoms with E-state index in [9.17, 15) is 9.90 Å². The summed E-state index contributed by atoms with van der Waals surface area (Å²) in [5, 5.41) is 9.72. The molecular formula is C16H24O2. The number of phenolic OH excluding ortho intramolecular Hbond substituents is 1. The van der Waals surface area contributed by atoms with Crippen LogP contribution in [-0.2, 0) is 0 Å². The Morgan fingerprint density at radius 2 is 1.94 bits per heavy atom. The first kappa shape index (κ1) is 14.7. The predicted molar refractivity (Wildman–Crippen MR) is 75.1 cm³/mol. The molecule has 100 valence electrons. The normalized spacial score (nSPS) is 10.9. The molecule has 0 fully saturated rings. The van der Waals surface area contributed by atoms with Crippen molar-refractivity contribution in [2.24, 2.45) is 5.92 Å². The van der Waals surface area contributed by atoms with Gasteiger partial charge in [-0.05, 0) is 37.0 Å². The molecular weight excluding hydrogens is 224 g/mol. The van der Waals surface area contributed by atoms with E-state index in [-0.39, 0.29) is 11.5 Å². The van der Waals surface area contributed by atoms with Crippen molar-refractivity contribution in [3.8, 4) is 5.75 Å². The number of carbonyl (C=O) groups excluding carboxylic acids is 1. The van der Waals surface area contributed by atoms with E-state index in [0.717, 1.165) is 24.3 Å². The number of aryl methyl sites for hydroxylation is 1. The molecule has 0 heterocycles. The first-order valence-electron chi connectivity index (χ1n) is 6.83. The van der Waals surface area contributed by atoms with Gasteiger partial charge in [0, 0.05) is 6.42 Å². The molecule has 0 aliphatic rings. The number of Topliss-reactive ketones (excluding diaryl/α,β-unsaturated/α-hetero) is 1. The summed E-state index contributed by atoms with van der Waals surface area (Å²) in [6.07, 6.45) is 4.96. The van der Waals surface area contributed by atoms with Crippen LogP contribution >= 0.6 is 0 Å². The maximum absolute atomic E-state index is 11.9. The lowest BCUT2D eigenvalue weighted by Crippen LogP contribution is -2.00. The highest BCUT2D eigenvalue weighted by Crippen LogP contribution is 2.21. The Hall–Kier alpha value is -1.31. The van der Waals surface area contributed by atoms with E-state index in [4.69, 9.17) is 0 Å². The Morgan fingerprint density at radius 1 is 1.22 bits per heavy atom. The van der Waals surface area contributed by atoms with Crippen molar-refractivity contribution in [2.45, 2.75) is 52.9 Å². The third-order valence-corrected chi connectivity index (χ3v) is 3.14. The van der Waals surface area contributed by atoms with Crippen LogP contribution in [0.1, 0.15) is 61.9 Å². The Kier molecular flexibility index (Phi) is 5.90. The van der Waals surface area contributed by atoms with Gasteiger partial charge in [-0.15, -0.1) is 0 Å². The first-order valence-corrected chi connectivity index (χ1v) is 6.83. The molecule has 0 saturated carbocycles. The average Bonchev–Trinajstić information content (AvgIpc) is 2.27. The minimum Gasteiger partial charge on any atom is -0.507 e.